The maximum atomic E-state index is 11.9. The number of benzene rings is 1. The van der Waals surface area contributed by atoms with E-state index in [1.54, 1.807) is 30.9 Å². The smallest absolute Gasteiger partial charge is 0.337 e. The highest BCUT2D eigenvalue weighted by Gasteiger charge is 2.39. The van der Waals surface area contributed by atoms with Gasteiger partial charge in [0.2, 0.25) is 5.91 Å². The van der Waals surface area contributed by atoms with E-state index in [1.807, 2.05) is 0 Å². The van der Waals surface area contributed by atoms with Crippen LogP contribution in [0.2, 0.25) is 0 Å². The number of carbonyl (C=O) groups is 2. The van der Waals surface area contributed by atoms with Crippen LogP contribution in [0.3, 0.4) is 0 Å². The number of hydrogen-bond acceptors (Lipinski definition) is 4. The zero-order valence-corrected chi connectivity index (χ0v) is 10.9. The molecule has 0 unspecified atom stereocenters. The first-order chi connectivity index (χ1) is 8.84. The summed E-state index contributed by atoms with van der Waals surface area (Å²) in [4.78, 5) is 25.0. The lowest BCUT2D eigenvalue weighted by Gasteiger charge is -2.43. The largest absolute Gasteiger partial charge is 0.478 e. The van der Waals surface area contributed by atoms with Gasteiger partial charge in [0.1, 0.15) is 5.54 Å². The molecule has 2 rings (SSSR count). The maximum absolute atomic E-state index is 11.9. The summed E-state index contributed by atoms with van der Waals surface area (Å²) in [5, 5.41) is 12.0. The quantitative estimate of drug-likeness (QED) is 0.682. The van der Waals surface area contributed by atoms with Crippen molar-refractivity contribution in [3.63, 3.8) is 0 Å². The lowest BCUT2D eigenvalue weighted by molar-refractivity contribution is -0.126. The number of rotatable bonds is 2. The van der Waals surface area contributed by atoms with Crippen molar-refractivity contribution in [1.29, 1.82) is 0 Å². The molecule has 1 amide bonds. The highest BCUT2D eigenvalue weighted by atomic mass is 16.4. The van der Waals surface area contributed by atoms with Crippen molar-refractivity contribution >= 4 is 23.3 Å². The van der Waals surface area contributed by atoms with Crippen molar-refractivity contribution in [3.8, 4) is 0 Å². The highest BCUT2D eigenvalue weighted by molar-refractivity contribution is 5.98. The molecule has 0 aromatic heterocycles. The van der Waals surface area contributed by atoms with Crippen molar-refractivity contribution in [3.05, 3.63) is 23.8 Å². The molecule has 1 aromatic carbocycles. The number of nitrogens with zero attached hydrogens (tertiary/aromatic N) is 1. The molecule has 1 heterocycles. The van der Waals surface area contributed by atoms with E-state index in [0.717, 1.165) is 0 Å². The second-order valence-electron chi connectivity index (χ2n) is 5.05. The number of nitrogens with two attached hydrogens (primary N) is 1. The summed E-state index contributed by atoms with van der Waals surface area (Å²) in [7, 11) is 0. The SMILES string of the molecule is CC1(C)C(=O)NCCN1c1cc(N)ccc1C(=O)O. The molecule has 6 nitrogen and oxygen atoms in total. The maximum Gasteiger partial charge on any atom is 0.337 e. The first-order valence-electron chi connectivity index (χ1n) is 6.03. The van der Waals surface area contributed by atoms with Crippen LogP contribution in [0.1, 0.15) is 24.2 Å². The van der Waals surface area contributed by atoms with Gasteiger partial charge in [-0.15, -0.1) is 0 Å². The summed E-state index contributed by atoms with van der Waals surface area (Å²) in [6.45, 7) is 4.55. The van der Waals surface area contributed by atoms with Gasteiger partial charge in [-0.3, -0.25) is 4.79 Å². The van der Waals surface area contributed by atoms with Crippen molar-refractivity contribution in [2.75, 3.05) is 23.7 Å². The number of piperazine rings is 1. The van der Waals surface area contributed by atoms with Crippen LogP contribution in [0.4, 0.5) is 11.4 Å². The summed E-state index contributed by atoms with van der Waals surface area (Å²) >= 11 is 0. The Bertz CT molecular complexity index is 540. The van der Waals surface area contributed by atoms with E-state index in [2.05, 4.69) is 5.32 Å². The van der Waals surface area contributed by atoms with Crippen molar-refractivity contribution < 1.29 is 14.7 Å². The number of hydrogen-bond donors (Lipinski definition) is 3. The third-order valence-electron chi connectivity index (χ3n) is 3.39. The second kappa shape index (κ2) is 4.46. The normalized spacial score (nSPS) is 18.0. The fraction of sp³-hybridized carbons (Fsp3) is 0.385. The van der Waals surface area contributed by atoms with Crippen molar-refractivity contribution in [2.45, 2.75) is 19.4 Å². The molecule has 1 saturated heterocycles. The van der Waals surface area contributed by atoms with E-state index < -0.39 is 11.5 Å². The predicted molar refractivity (Wildman–Crippen MR) is 72.2 cm³/mol. The number of amides is 1. The topological polar surface area (TPSA) is 95.7 Å². The second-order valence-corrected chi connectivity index (χ2v) is 5.05. The summed E-state index contributed by atoms with van der Waals surface area (Å²) in [5.74, 6) is -1.16. The minimum absolute atomic E-state index is 0.127. The molecule has 1 aliphatic heterocycles. The van der Waals surface area contributed by atoms with Crippen LogP contribution in [-0.4, -0.2) is 35.6 Å². The van der Waals surface area contributed by atoms with Crippen molar-refractivity contribution in [2.24, 2.45) is 0 Å². The van der Waals surface area contributed by atoms with Crippen LogP contribution in [0.25, 0.3) is 0 Å². The minimum atomic E-state index is -1.03. The third-order valence-corrected chi connectivity index (χ3v) is 3.39. The molecule has 1 fully saturated rings. The van der Waals surface area contributed by atoms with Gasteiger partial charge < -0.3 is 21.1 Å². The Balaban J connectivity index is 2.54. The molecule has 102 valence electrons. The van der Waals surface area contributed by atoms with Crippen LogP contribution >= 0.6 is 0 Å². The Hall–Kier alpha value is -2.24. The molecule has 0 radical (unpaired) electrons. The number of nitrogen functional groups attached to an aromatic ring is 1. The summed E-state index contributed by atoms with van der Waals surface area (Å²) in [6.07, 6.45) is 0. The van der Waals surface area contributed by atoms with Gasteiger partial charge in [-0.2, -0.15) is 0 Å². The molecule has 0 aliphatic carbocycles. The fourth-order valence-electron chi connectivity index (χ4n) is 2.27. The summed E-state index contributed by atoms with van der Waals surface area (Å²) in [5.41, 5.74) is 6.03. The molecule has 1 aromatic rings. The first-order valence-corrected chi connectivity index (χ1v) is 6.03. The lowest BCUT2D eigenvalue weighted by atomic mass is 9.96. The van der Waals surface area contributed by atoms with Gasteiger partial charge >= 0.3 is 5.97 Å². The monoisotopic (exact) mass is 263 g/mol. The number of aromatic carboxylic acids is 1. The molecule has 0 bridgehead atoms. The molecule has 0 atom stereocenters. The first kappa shape index (κ1) is 13.2. The van der Waals surface area contributed by atoms with Crippen molar-refractivity contribution in [1.82, 2.24) is 5.32 Å². The Kier molecular flexibility index (Phi) is 3.09. The van der Waals surface area contributed by atoms with Crippen LogP contribution in [0.5, 0.6) is 0 Å². The van der Waals surface area contributed by atoms with E-state index >= 15 is 0 Å². The van der Waals surface area contributed by atoms with Crippen LogP contribution < -0.4 is 16.0 Å². The van der Waals surface area contributed by atoms with E-state index in [0.29, 0.717) is 24.5 Å². The predicted octanol–water partition coefficient (Wildman–Crippen LogP) is 0.682. The minimum Gasteiger partial charge on any atom is -0.478 e. The van der Waals surface area contributed by atoms with Gasteiger partial charge in [-0.25, -0.2) is 4.79 Å². The standard InChI is InChI=1S/C13H17N3O3/c1-13(2)12(19)15-5-6-16(13)10-7-8(14)3-4-9(10)11(17)18/h3-4,7H,5-6,14H2,1-2H3,(H,15,19)(H,17,18). The molecular weight excluding hydrogens is 246 g/mol. The van der Waals surface area contributed by atoms with E-state index in [4.69, 9.17) is 5.73 Å². The van der Waals surface area contributed by atoms with E-state index in [9.17, 15) is 14.7 Å². The molecular formula is C13H17N3O3. The van der Waals surface area contributed by atoms with Crippen LogP contribution in [0, 0.1) is 0 Å². The zero-order valence-electron chi connectivity index (χ0n) is 10.9. The Morgan fingerprint density at radius 1 is 1.47 bits per heavy atom. The number of nitrogens with one attached hydrogen (secondary N) is 1. The Labute approximate surface area is 111 Å². The van der Waals surface area contributed by atoms with E-state index in [-0.39, 0.29) is 11.5 Å². The number of carbonyl (C=O) groups excluding carboxylic acids is 1. The molecule has 0 spiro atoms. The zero-order chi connectivity index (χ0) is 14.2. The number of anilines is 2. The number of carboxylic acids is 1. The number of carboxylic acid groups (broad SMARTS) is 1. The lowest BCUT2D eigenvalue weighted by Crippen LogP contribution is -2.62. The van der Waals surface area contributed by atoms with Gasteiger partial charge in [0.15, 0.2) is 0 Å². The molecule has 1 aliphatic rings. The molecule has 4 N–H and O–H groups in total. The molecule has 6 heteroatoms. The molecule has 0 saturated carbocycles. The summed E-state index contributed by atoms with van der Waals surface area (Å²) in [6, 6.07) is 4.61. The third kappa shape index (κ3) is 2.21. The fourth-order valence-corrected chi connectivity index (χ4v) is 2.27. The van der Waals surface area contributed by atoms with Crippen LogP contribution in [-0.2, 0) is 4.79 Å². The van der Waals surface area contributed by atoms with Gasteiger partial charge in [-0.05, 0) is 32.0 Å². The highest BCUT2D eigenvalue weighted by Crippen LogP contribution is 2.31. The summed E-state index contributed by atoms with van der Waals surface area (Å²) < 4.78 is 0. The van der Waals surface area contributed by atoms with Gasteiger partial charge in [0.05, 0.1) is 11.3 Å². The van der Waals surface area contributed by atoms with E-state index in [1.165, 1.54) is 6.07 Å². The van der Waals surface area contributed by atoms with Gasteiger partial charge in [0, 0.05) is 18.8 Å². The van der Waals surface area contributed by atoms with Crippen LogP contribution in [0.15, 0.2) is 18.2 Å². The van der Waals surface area contributed by atoms with Gasteiger partial charge in [0.25, 0.3) is 0 Å². The van der Waals surface area contributed by atoms with Gasteiger partial charge in [-0.1, -0.05) is 0 Å². The Morgan fingerprint density at radius 2 is 2.16 bits per heavy atom. The average Bonchev–Trinajstić information content (AvgIpc) is 2.32. The molecule has 19 heavy (non-hydrogen) atoms. The average molecular weight is 263 g/mol. The Morgan fingerprint density at radius 3 is 2.79 bits per heavy atom.